The quantitative estimate of drug-likeness (QED) is 0.383. The van der Waals surface area contributed by atoms with Crippen molar-refractivity contribution in [3.63, 3.8) is 0 Å². The molecule has 2 amide bonds. The Kier molecular flexibility index (Phi) is 8.74. The Morgan fingerprint density at radius 2 is 1.82 bits per heavy atom. The first-order valence-corrected chi connectivity index (χ1v) is 12.6. The molecule has 7 nitrogen and oxygen atoms in total. The highest BCUT2D eigenvalue weighted by molar-refractivity contribution is 7.99. The van der Waals surface area contributed by atoms with Gasteiger partial charge in [-0.2, -0.15) is 0 Å². The van der Waals surface area contributed by atoms with Gasteiger partial charge < -0.3 is 15.2 Å². The van der Waals surface area contributed by atoms with Crippen LogP contribution in [0.3, 0.4) is 0 Å². The van der Waals surface area contributed by atoms with Crippen molar-refractivity contribution in [2.75, 3.05) is 11.1 Å². The van der Waals surface area contributed by atoms with Crippen molar-refractivity contribution >= 4 is 40.9 Å². The van der Waals surface area contributed by atoms with Gasteiger partial charge in [0.2, 0.25) is 5.91 Å². The number of carbonyl (C=O) groups is 2. The van der Waals surface area contributed by atoms with Gasteiger partial charge in [-0.15, -0.1) is 10.2 Å². The summed E-state index contributed by atoms with van der Waals surface area (Å²) in [6, 6.07) is 12.4. The van der Waals surface area contributed by atoms with E-state index in [2.05, 4.69) is 20.8 Å². The van der Waals surface area contributed by atoms with Gasteiger partial charge in [-0.25, -0.2) is 0 Å². The maximum atomic E-state index is 12.9. The summed E-state index contributed by atoms with van der Waals surface area (Å²) in [5.74, 6) is 0.523. The number of rotatable bonds is 9. The van der Waals surface area contributed by atoms with Gasteiger partial charge in [0.05, 0.1) is 22.4 Å². The molecule has 3 aromatic rings. The van der Waals surface area contributed by atoms with Crippen LogP contribution in [0, 0.1) is 19.8 Å². The van der Waals surface area contributed by atoms with Crippen molar-refractivity contribution in [3.8, 4) is 0 Å². The topological polar surface area (TPSA) is 88.9 Å². The third-order valence-electron chi connectivity index (χ3n) is 5.53. The highest BCUT2D eigenvalue weighted by Gasteiger charge is 2.26. The molecule has 180 valence electrons. The van der Waals surface area contributed by atoms with Crippen LogP contribution < -0.4 is 10.6 Å². The predicted octanol–water partition coefficient (Wildman–Crippen LogP) is 5.43. The lowest BCUT2D eigenvalue weighted by Crippen LogP contribution is -2.34. The van der Waals surface area contributed by atoms with E-state index in [-0.39, 0.29) is 29.5 Å². The molecule has 0 fully saturated rings. The summed E-state index contributed by atoms with van der Waals surface area (Å²) >= 11 is 7.52. The van der Waals surface area contributed by atoms with Crippen molar-refractivity contribution in [2.45, 2.75) is 52.4 Å². The van der Waals surface area contributed by atoms with E-state index in [0.29, 0.717) is 28.1 Å². The zero-order valence-electron chi connectivity index (χ0n) is 20.1. The average molecular weight is 500 g/mol. The molecular weight excluding hydrogens is 470 g/mol. The molecule has 0 spiro atoms. The fraction of sp³-hybridized carbons (Fsp3) is 0.360. The summed E-state index contributed by atoms with van der Waals surface area (Å²) in [6.45, 7) is 10.7. The second-order valence-corrected chi connectivity index (χ2v) is 9.75. The van der Waals surface area contributed by atoms with E-state index in [1.807, 2.05) is 57.4 Å². The number of anilines is 1. The van der Waals surface area contributed by atoms with Crippen molar-refractivity contribution in [3.05, 3.63) is 70.0 Å². The molecule has 0 aliphatic heterocycles. The number of aryl methyl sites for hydroxylation is 2. The minimum atomic E-state index is -0.366. The smallest absolute Gasteiger partial charge is 0.253 e. The number of aromatic nitrogens is 3. The summed E-state index contributed by atoms with van der Waals surface area (Å²) in [5.41, 5.74) is 3.49. The van der Waals surface area contributed by atoms with Crippen molar-refractivity contribution in [1.82, 2.24) is 20.1 Å². The van der Waals surface area contributed by atoms with E-state index in [1.165, 1.54) is 17.3 Å². The molecule has 0 saturated heterocycles. The summed E-state index contributed by atoms with van der Waals surface area (Å²) < 4.78 is 1.94. The van der Waals surface area contributed by atoms with Crippen molar-refractivity contribution < 1.29 is 9.59 Å². The lowest BCUT2D eigenvalue weighted by Gasteiger charge is -2.22. The van der Waals surface area contributed by atoms with E-state index < -0.39 is 0 Å². The zero-order valence-corrected chi connectivity index (χ0v) is 21.6. The maximum Gasteiger partial charge on any atom is 0.253 e. The molecule has 34 heavy (non-hydrogen) atoms. The van der Waals surface area contributed by atoms with E-state index in [0.717, 1.165) is 11.3 Å². The molecule has 0 bridgehead atoms. The molecule has 3 rings (SSSR count). The molecule has 0 radical (unpaired) electrons. The van der Waals surface area contributed by atoms with Gasteiger partial charge in [0, 0.05) is 12.2 Å². The SMILES string of the molecule is CCn1c(SCC(=O)Nc2ccc(C)c(C)c2)nnc1C(NC(=O)c1ccccc1Cl)C(C)C. The number of nitrogens with one attached hydrogen (secondary N) is 2. The standard InChI is InChI=1S/C25H30ClN5O2S/c1-6-31-23(22(15(2)3)28-24(33)19-9-7-8-10-20(19)26)29-30-25(31)34-14-21(32)27-18-12-11-16(4)17(5)13-18/h7-13,15,22H,6,14H2,1-5H3,(H,27,32)(H,28,33). The Hall–Kier alpha value is -2.84. The normalized spacial score (nSPS) is 12.0. The Bertz CT molecular complexity index is 1180. The number of nitrogens with zero attached hydrogens (tertiary/aromatic N) is 3. The van der Waals surface area contributed by atoms with Gasteiger partial charge >= 0.3 is 0 Å². The number of carbonyl (C=O) groups excluding carboxylic acids is 2. The average Bonchev–Trinajstić information content (AvgIpc) is 3.21. The third kappa shape index (κ3) is 6.18. The first kappa shape index (κ1) is 25.8. The minimum absolute atomic E-state index is 0.0619. The fourth-order valence-electron chi connectivity index (χ4n) is 3.47. The molecular formula is C25H30ClN5O2S. The Balaban J connectivity index is 1.72. The van der Waals surface area contributed by atoms with Crippen molar-refractivity contribution in [2.24, 2.45) is 5.92 Å². The number of hydrogen-bond acceptors (Lipinski definition) is 5. The molecule has 0 saturated carbocycles. The van der Waals surface area contributed by atoms with Crippen LogP contribution >= 0.6 is 23.4 Å². The van der Waals surface area contributed by atoms with E-state index in [9.17, 15) is 9.59 Å². The van der Waals surface area contributed by atoms with Crippen LogP contribution in [0.2, 0.25) is 5.02 Å². The monoisotopic (exact) mass is 499 g/mol. The summed E-state index contributed by atoms with van der Waals surface area (Å²) in [7, 11) is 0. The number of hydrogen-bond donors (Lipinski definition) is 2. The molecule has 0 aliphatic carbocycles. The van der Waals surface area contributed by atoms with Crippen LogP contribution in [-0.2, 0) is 11.3 Å². The number of halogens is 1. The largest absolute Gasteiger partial charge is 0.342 e. The fourth-order valence-corrected chi connectivity index (χ4v) is 4.51. The number of benzene rings is 2. The van der Waals surface area contributed by atoms with Crippen LogP contribution in [0.5, 0.6) is 0 Å². The summed E-state index contributed by atoms with van der Waals surface area (Å²) in [6.07, 6.45) is 0. The van der Waals surface area contributed by atoms with Gasteiger partial charge in [-0.05, 0) is 62.1 Å². The Labute approximate surface area is 209 Å². The molecule has 1 heterocycles. The van der Waals surface area contributed by atoms with Gasteiger partial charge in [0.15, 0.2) is 11.0 Å². The first-order valence-electron chi connectivity index (χ1n) is 11.2. The van der Waals surface area contributed by atoms with Gasteiger partial charge in [0.1, 0.15) is 0 Å². The van der Waals surface area contributed by atoms with Crippen LogP contribution in [0.4, 0.5) is 5.69 Å². The van der Waals surface area contributed by atoms with E-state index in [1.54, 1.807) is 24.3 Å². The second kappa shape index (κ2) is 11.5. The van der Waals surface area contributed by atoms with E-state index >= 15 is 0 Å². The first-order chi connectivity index (χ1) is 16.2. The lowest BCUT2D eigenvalue weighted by molar-refractivity contribution is -0.113. The lowest BCUT2D eigenvalue weighted by atomic mass is 10.0. The summed E-state index contributed by atoms with van der Waals surface area (Å²) in [4.78, 5) is 25.4. The zero-order chi connectivity index (χ0) is 24.8. The molecule has 2 N–H and O–H groups in total. The van der Waals surface area contributed by atoms with Gasteiger partial charge in [-0.3, -0.25) is 9.59 Å². The molecule has 1 aromatic heterocycles. The van der Waals surface area contributed by atoms with Crippen molar-refractivity contribution in [1.29, 1.82) is 0 Å². The number of thioether (sulfide) groups is 1. The van der Waals surface area contributed by atoms with Crippen LogP contribution in [0.15, 0.2) is 47.6 Å². The van der Waals surface area contributed by atoms with Crippen LogP contribution in [-0.4, -0.2) is 32.3 Å². The number of amides is 2. The Morgan fingerprint density at radius 1 is 1.09 bits per heavy atom. The second-order valence-electron chi connectivity index (χ2n) is 8.40. The third-order valence-corrected chi connectivity index (χ3v) is 6.83. The molecule has 2 aromatic carbocycles. The summed E-state index contributed by atoms with van der Waals surface area (Å²) in [5, 5.41) is 15.7. The van der Waals surface area contributed by atoms with E-state index in [4.69, 9.17) is 11.6 Å². The maximum absolute atomic E-state index is 12.9. The highest BCUT2D eigenvalue weighted by Crippen LogP contribution is 2.26. The van der Waals surface area contributed by atoms with Crippen LogP contribution in [0.1, 0.15) is 54.1 Å². The predicted molar refractivity (Wildman–Crippen MR) is 137 cm³/mol. The Morgan fingerprint density at radius 3 is 2.47 bits per heavy atom. The molecule has 0 aliphatic rings. The van der Waals surface area contributed by atoms with Gasteiger partial charge in [0.25, 0.3) is 5.91 Å². The van der Waals surface area contributed by atoms with Gasteiger partial charge in [-0.1, -0.05) is 55.4 Å². The van der Waals surface area contributed by atoms with Crippen LogP contribution in [0.25, 0.3) is 0 Å². The highest BCUT2D eigenvalue weighted by atomic mass is 35.5. The molecule has 1 atom stereocenters. The molecule has 1 unspecified atom stereocenters. The minimum Gasteiger partial charge on any atom is -0.342 e. The molecule has 9 heteroatoms.